The minimum Gasteiger partial charge on any atom is -0.396 e. The molecular weight excluding hydrogens is 126 g/mol. The summed E-state index contributed by atoms with van der Waals surface area (Å²) in [5.41, 5.74) is 1.09. The minimum absolute atomic E-state index is 0.192. The summed E-state index contributed by atoms with van der Waals surface area (Å²) in [4.78, 5) is 0. The van der Waals surface area contributed by atoms with Crippen molar-refractivity contribution in [1.29, 1.82) is 0 Å². The number of nitrogens with zero attached hydrogens (tertiary/aromatic N) is 1. The second kappa shape index (κ2) is 3.22. The van der Waals surface area contributed by atoms with E-state index in [1.807, 2.05) is 22.9 Å². The van der Waals surface area contributed by atoms with E-state index in [1.54, 1.807) is 6.20 Å². The second-order valence-corrected chi connectivity index (χ2v) is 2.06. The molecule has 0 aliphatic carbocycles. The molecule has 0 aliphatic rings. The van der Waals surface area contributed by atoms with Crippen molar-refractivity contribution in [1.82, 2.24) is 4.57 Å². The van der Waals surface area contributed by atoms with Gasteiger partial charge in [0.05, 0.1) is 0 Å². The Hall–Kier alpha value is -1.02. The first-order valence-corrected chi connectivity index (χ1v) is 3.27. The van der Waals surface area contributed by atoms with E-state index < -0.39 is 0 Å². The fourth-order valence-electron chi connectivity index (χ4n) is 0.934. The lowest BCUT2D eigenvalue weighted by molar-refractivity contribution is 0.298. The molecule has 0 aliphatic heterocycles. The number of rotatable bonds is 3. The maximum Gasteiger partial charge on any atom is 0.0485 e. The molecule has 0 unspecified atom stereocenters. The maximum atomic E-state index is 8.61. The van der Waals surface area contributed by atoms with E-state index in [4.69, 9.17) is 5.11 Å². The molecule has 1 N–H and O–H groups in total. The molecule has 2 nitrogen and oxygen atoms in total. The van der Waals surface area contributed by atoms with Gasteiger partial charge in [-0.05, 0) is 12.1 Å². The number of hydrogen-bond acceptors (Lipinski definition) is 1. The predicted octanol–water partition coefficient (Wildman–Crippen LogP) is 1.12. The Kier molecular flexibility index (Phi) is 2.29. The Morgan fingerprint density at radius 2 is 2.50 bits per heavy atom. The van der Waals surface area contributed by atoms with Crippen molar-refractivity contribution < 1.29 is 5.11 Å². The highest BCUT2D eigenvalue weighted by Crippen LogP contribution is 2.02. The molecule has 0 radical (unpaired) electrons. The molecule has 0 saturated heterocycles. The zero-order valence-electron chi connectivity index (χ0n) is 5.83. The summed E-state index contributed by atoms with van der Waals surface area (Å²) < 4.78 is 1.90. The van der Waals surface area contributed by atoms with Crippen molar-refractivity contribution >= 4 is 6.20 Å². The van der Waals surface area contributed by atoms with Crippen molar-refractivity contribution in [2.45, 2.75) is 6.42 Å². The van der Waals surface area contributed by atoms with Crippen LogP contribution in [0.5, 0.6) is 0 Å². The molecule has 2 heteroatoms. The summed E-state index contributed by atoms with van der Waals surface area (Å²) in [6, 6.07) is 3.91. The Bertz CT molecular complexity index is 215. The van der Waals surface area contributed by atoms with Crippen LogP contribution in [0.3, 0.4) is 0 Å². The number of aliphatic hydroxyl groups is 1. The third-order valence-electron chi connectivity index (χ3n) is 1.43. The minimum atomic E-state index is 0.192. The van der Waals surface area contributed by atoms with Crippen molar-refractivity contribution in [3.05, 3.63) is 30.6 Å². The zero-order valence-corrected chi connectivity index (χ0v) is 5.83. The summed E-state index contributed by atoms with van der Waals surface area (Å²) in [5, 5.41) is 8.61. The Labute approximate surface area is 60.4 Å². The van der Waals surface area contributed by atoms with Crippen LogP contribution in [0.2, 0.25) is 0 Å². The molecule has 0 fully saturated rings. The predicted molar refractivity (Wildman–Crippen MR) is 41.6 cm³/mol. The highest BCUT2D eigenvalue weighted by atomic mass is 16.3. The lowest BCUT2D eigenvalue weighted by Crippen LogP contribution is -1.96. The highest BCUT2D eigenvalue weighted by molar-refractivity contribution is 5.24. The van der Waals surface area contributed by atoms with E-state index in [9.17, 15) is 0 Å². The summed E-state index contributed by atoms with van der Waals surface area (Å²) in [7, 11) is 0. The first-order valence-electron chi connectivity index (χ1n) is 3.27. The van der Waals surface area contributed by atoms with Gasteiger partial charge in [0, 0.05) is 31.1 Å². The maximum absolute atomic E-state index is 8.61. The van der Waals surface area contributed by atoms with E-state index in [1.165, 1.54) is 0 Å². The van der Waals surface area contributed by atoms with Gasteiger partial charge in [-0.2, -0.15) is 0 Å². The highest BCUT2D eigenvalue weighted by Gasteiger charge is 1.94. The van der Waals surface area contributed by atoms with Crippen LogP contribution in [0.15, 0.2) is 24.9 Å². The molecule has 10 heavy (non-hydrogen) atoms. The molecule has 1 rings (SSSR count). The normalized spacial score (nSPS) is 9.70. The molecule has 1 heterocycles. The van der Waals surface area contributed by atoms with Gasteiger partial charge in [-0.3, -0.25) is 0 Å². The van der Waals surface area contributed by atoms with E-state index in [2.05, 4.69) is 6.58 Å². The van der Waals surface area contributed by atoms with Gasteiger partial charge >= 0.3 is 0 Å². The van der Waals surface area contributed by atoms with Crippen LogP contribution in [0.4, 0.5) is 0 Å². The number of hydrogen-bond donors (Lipinski definition) is 1. The van der Waals surface area contributed by atoms with Crippen LogP contribution in [-0.2, 0) is 6.42 Å². The van der Waals surface area contributed by atoms with Crippen LogP contribution >= 0.6 is 0 Å². The van der Waals surface area contributed by atoms with Crippen molar-refractivity contribution in [3.63, 3.8) is 0 Å². The van der Waals surface area contributed by atoms with Gasteiger partial charge in [0.2, 0.25) is 0 Å². The third-order valence-corrected chi connectivity index (χ3v) is 1.43. The van der Waals surface area contributed by atoms with E-state index in [-0.39, 0.29) is 6.61 Å². The van der Waals surface area contributed by atoms with Gasteiger partial charge in [0.25, 0.3) is 0 Å². The number of aromatic nitrogens is 1. The summed E-state index contributed by atoms with van der Waals surface area (Å²) >= 11 is 0. The quantitative estimate of drug-likeness (QED) is 0.663. The van der Waals surface area contributed by atoms with Crippen LogP contribution in [-0.4, -0.2) is 16.3 Å². The van der Waals surface area contributed by atoms with Gasteiger partial charge in [0.15, 0.2) is 0 Å². The molecule has 54 valence electrons. The van der Waals surface area contributed by atoms with Crippen molar-refractivity contribution in [2.24, 2.45) is 0 Å². The van der Waals surface area contributed by atoms with Gasteiger partial charge in [-0.1, -0.05) is 6.58 Å². The van der Waals surface area contributed by atoms with Crippen LogP contribution in [0.25, 0.3) is 6.20 Å². The first-order chi connectivity index (χ1) is 4.88. The summed E-state index contributed by atoms with van der Waals surface area (Å²) in [5.74, 6) is 0. The first kappa shape index (κ1) is 7.09. The third kappa shape index (κ3) is 1.28. The van der Waals surface area contributed by atoms with Crippen LogP contribution in [0, 0.1) is 0 Å². The van der Waals surface area contributed by atoms with Crippen molar-refractivity contribution in [3.8, 4) is 0 Å². The van der Waals surface area contributed by atoms with E-state index in [0.29, 0.717) is 6.42 Å². The van der Waals surface area contributed by atoms with Crippen molar-refractivity contribution in [2.75, 3.05) is 6.61 Å². The number of aliphatic hydroxyl groups excluding tert-OH is 1. The SMILES string of the molecule is C=Cn1cccc1CCO. The fourth-order valence-corrected chi connectivity index (χ4v) is 0.934. The Morgan fingerprint density at radius 1 is 1.70 bits per heavy atom. The molecule has 0 saturated carbocycles. The van der Waals surface area contributed by atoms with E-state index >= 15 is 0 Å². The molecule has 0 bridgehead atoms. The molecule has 1 aromatic rings. The second-order valence-electron chi connectivity index (χ2n) is 2.06. The fraction of sp³-hybridized carbons (Fsp3) is 0.250. The Balaban J connectivity index is 2.79. The summed E-state index contributed by atoms with van der Waals surface area (Å²) in [6.07, 6.45) is 4.34. The van der Waals surface area contributed by atoms with Gasteiger partial charge in [-0.25, -0.2) is 0 Å². The molecular formula is C8H11NO. The average molecular weight is 137 g/mol. The molecule has 1 aromatic heterocycles. The standard InChI is InChI=1S/C8H11NO/c1-2-9-6-3-4-8(9)5-7-10/h2-4,6,10H,1,5,7H2. The summed E-state index contributed by atoms with van der Waals surface area (Å²) in [6.45, 7) is 3.82. The lowest BCUT2D eigenvalue weighted by atomic mass is 10.3. The molecule has 0 amide bonds. The zero-order chi connectivity index (χ0) is 7.40. The van der Waals surface area contributed by atoms with Gasteiger partial charge in [0.1, 0.15) is 0 Å². The molecule has 0 atom stereocenters. The Morgan fingerprint density at radius 3 is 3.10 bits per heavy atom. The monoisotopic (exact) mass is 137 g/mol. The topological polar surface area (TPSA) is 25.2 Å². The largest absolute Gasteiger partial charge is 0.396 e. The van der Waals surface area contributed by atoms with Gasteiger partial charge in [-0.15, -0.1) is 0 Å². The average Bonchev–Trinajstić information content (AvgIpc) is 2.36. The van der Waals surface area contributed by atoms with Crippen LogP contribution in [0.1, 0.15) is 5.69 Å². The lowest BCUT2D eigenvalue weighted by Gasteiger charge is -1.99. The smallest absolute Gasteiger partial charge is 0.0485 e. The molecule has 0 spiro atoms. The van der Waals surface area contributed by atoms with Crippen LogP contribution < -0.4 is 0 Å². The van der Waals surface area contributed by atoms with E-state index in [0.717, 1.165) is 5.69 Å². The van der Waals surface area contributed by atoms with Gasteiger partial charge < -0.3 is 9.67 Å². The molecule has 0 aromatic carbocycles.